The molecule has 1 nitrogen and oxygen atoms in total. The molecule has 0 fully saturated rings. The second-order valence-electron chi connectivity index (χ2n) is 4.13. The summed E-state index contributed by atoms with van der Waals surface area (Å²) in [6.07, 6.45) is 0. The summed E-state index contributed by atoms with van der Waals surface area (Å²) in [5.74, 6) is 6.26. The maximum Gasteiger partial charge on any atom is 0.0326 e. The lowest BCUT2D eigenvalue weighted by Gasteiger charge is -2.06. The average molecular weight is 173 g/mol. The topological polar surface area (TPSA) is 26.0 Å². The molecular formula is C12H15N. The van der Waals surface area contributed by atoms with E-state index in [1.165, 1.54) is 0 Å². The van der Waals surface area contributed by atoms with Crippen LogP contribution in [0.25, 0.3) is 0 Å². The lowest BCUT2D eigenvalue weighted by Crippen LogP contribution is -1.99. The first kappa shape index (κ1) is 9.67. The zero-order chi connectivity index (χ0) is 9.90. The normalized spacial score (nSPS) is 10.4. The van der Waals surface area contributed by atoms with E-state index in [9.17, 15) is 0 Å². The molecule has 2 N–H and O–H groups in total. The van der Waals surface area contributed by atoms with Gasteiger partial charge in [0.2, 0.25) is 0 Å². The molecule has 0 aromatic heterocycles. The molecule has 1 aromatic carbocycles. The van der Waals surface area contributed by atoms with Crippen molar-refractivity contribution in [1.29, 1.82) is 0 Å². The smallest absolute Gasteiger partial charge is 0.0326 e. The number of rotatable bonds is 0. The van der Waals surface area contributed by atoms with E-state index >= 15 is 0 Å². The molecule has 0 radical (unpaired) electrons. The Hall–Kier alpha value is -1.42. The Balaban J connectivity index is 2.90. The molecule has 0 atom stereocenters. The summed E-state index contributed by atoms with van der Waals surface area (Å²) in [6, 6.07) is 7.64. The van der Waals surface area contributed by atoms with Gasteiger partial charge in [-0.2, -0.15) is 0 Å². The lowest BCUT2D eigenvalue weighted by atomic mass is 9.97. The largest absolute Gasteiger partial charge is 0.399 e. The fourth-order valence-corrected chi connectivity index (χ4v) is 0.876. The lowest BCUT2D eigenvalue weighted by molar-refractivity contribution is 0.571. The molecule has 1 heteroatoms. The van der Waals surface area contributed by atoms with Gasteiger partial charge in [0.15, 0.2) is 0 Å². The van der Waals surface area contributed by atoms with E-state index in [2.05, 4.69) is 32.6 Å². The first-order chi connectivity index (χ1) is 5.97. The van der Waals surface area contributed by atoms with Crippen LogP contribution in [-0.4, -0.2) is 0 Å². The molecule has 0 aliphatic rings. The van der Waals surface area contributed by atoms with Crippen LogP contribution >= 0.6 is 0 Å². The average Bonchev–Trinajstić information content (AvgIpc) is 2.00. The van der Waals surface area contributed by atoms with Crippen LogP contribution < -0.4 is 5.73 Å². The van der Waals surface area contributed by atoms with Gasteiger partial charge in [0.1, 0.15) is 0 Å². The van der Waals surface area contributed by atoms with Gasteiger partial charge in [0.25, 0.3) is 0 Å². The number of benzene rings is 1. The van der Waals surface area contributed by atoms with Crippen molar-refractivity contribution in [2.24, 2.45) is 5.41 Å². The molecule has 1 rings (SSSR count). The zero-order valence-electron chi connectivity index (χ0n) is 8.39. The first-order valence-electron chi connectivity index (χ1n) is 4.36. The van der Waals surface area contributed by atoms with Crippen LogP contribution in [0.4, 0.5) is 5.69 Å². The third-order valence-corrected chi connectivity index (χ3v) is 1.47. The number of nitrogens with two attached hydrogens (primary N) is 1. The number of hydrogen-bond donors (Lipinski definition) is 1. The summed E-state index contributed by atoms with van der Waals surface area (Å²) in [4.78, 5) is 0. The molecule has 0 amide bonds. The van der Waals surface area contributed by atoms with E-state index in [1.807, 2.05) is 24.3 Å². The van der Waals surface area contributed by atoms with Crippen molar-refractivity contribution < 1.29 is 0 Å². The highest BCUT2D eigenvalue weighted by Gasteiger charge is 2.03. The third kappa shape index (κ3) is 3.66. The van der Waals surface area contributed by atoms with Crippen LogP contribution in [0, 0.1) is 17.3 Å². The van der Waals surface area contributed by atoms with Gasteiger partial charge in [-0.25, -0.2) is 0 Å². The monoisotopic (exact) mass is 173 g/mol. The number of nitrogen functional groups attached to an aromatic ring is 1. The standard InChI is InChI=1S/C12H15N/c1-12(2,3)8-7-10-5-4-6-11(13)9-10/h4-6,9H,13H2,1-3H3. The number of hydrogen-bond acceptors (Lipinski definition) is 1. The molecule has 0 heterocycles. The fourth-order valence-electron chi connectivity index (χ4n) is 0.876. The Morgan fingerprint density at radius 2 is 1.92 bits per heavy atom. The molecule has 0 unspecified atom stereocenters. The van der Waals surface area contributed by atoms with Crippen LogP contribution in [0.2, 0.25) is 0 Å². The molecule has 0 aliphatic carbocycles. The summed E-state index contributed by atoms with van der Waals surface area (Å²) in [5.41, 5.74) is 7.42. The van der Waals surface area contributed by atoms with Crippen molar-refractivity contribution in [2.45, 2.75) is 20.8 Å². The second kappa shape index (κ2) is 3.53. The first-order valence-corrected chi connectivity index (χ1v) is 4.36. The molecule has 68 valence electrons. The predicted octanol–water partition coefficient (Wildman–Crippen LogP) is 2.67. The van der Waals surface area contributed by atoms with Crippen LogP contribution in [0.3, 0.4) is 0 Å². The Morgan fingerprint density at radius 1 is 1.23 bits per heavy atom. The molecule has 0 aliphatic heterocycles. The molecule has 13 heavy (non-hydrogen) atoms. The molecule has 0 bridgehead atoms. The Morgan fingerprint density at radius 3 is 2.46 bits per heavy atom. The van der Waals surface area contributed by atoms with Crippen molar-refractivity contribution in [3.8, 4) is 11.8 Å². The Labute approximate surface area is 80.0 Å². The minimum absolute atomic E-state index is 0.0462. The van der Waals surface area contributed by atoms with E-state index in [0.29, 0.717) is 0 Å². The van der Waals surface area contributed by atoms with Crippen LogP contribution in [0.5, 0.6) is 0 Å². The van der Waals surface area contributed by atoms with Gasteiger partial charge >= 0.3 is 0 Å². The quantitative estimate of drug-likeness (QED) is 0.473. The van der Waals surface area contributed by atoms with Gasteiger partial charge in [-0.3, -0.25) is 0 Å². The van der Waals surface area contributed by atoms with Gasteiger partial charge in [-0.1, -0.05) is 17.9 Å². The van der Waals surface area contributed by atoms with Gasteiger partial charge in [0.05, 0.1) is 0 Å². The highest BCUT2D eigenvalue weighted by Crippen LogP contribution is 2.11. The maximum atomic E-state index is 5.63. The summed E-state index contributed by atoms with van der Waals surface area (Å²) >= 11 is 0. The van der Waals surface area contributed by atoms with Crippen LogP contribution in [0.15, 0.2) is 24.3 Å². The van der Waals surface area contributed by atoms with E-state index in [-0.39, 0.29) is 5.41 Å². The second-order valence-corrected chi connectivity index (χ2v) is 4.13. The van der Waals surface area contributed by atoms with Crippen LogP contribution in [-0.2, 0) is 0 Å². The van der Waals surface area contributed by atoms with E-state index in [0.717, 1.165) is 11.3 Å². The highest BCUT2D eigenvalue weighted by atomic mass is 14.5. The molecule has 1 aromatic rings. The third-order valence-electron chi connectivity index (χ3n) is 1.47. The Bertz CT molecular complexity index is 347. The Kier molecular flexibility index (Phi) is 2.63. The maximum absolute atomic E-state index is 5.63. The molecule has 0 saturated carbocycles. The summed E-state index contributed by atoms with van der Waals surface area (Å²) in [6.45, 7) is 6.27. The molecule has 0 saturated heterocycles. The minimum Gasteiger partial charge on any atom is -0.399 e. The van der Waals surface area contributed by atoms with Gasteiger partial charge < -0.3 is 5.73 Å². The van der Waals surface area contributed by atoms with Gasteiger partial charge in [-0.05, 0) is 39.0 Å². The van der Waals surface area contributed by atoms with Gasteiger partial charge in [-0.15, -0.1) is 0 Å². The summed E-state index contributed by atoms with van der Waals surface area (Å²) in [5, 5.41) is 0. The van der Waals surface area contributed by atoms with Crippen molar-refractivity contribution in [3.63, 3.8) is 0 Å². The van der Waals surface area contributed by atoms with Crippen LogP contribution in [0.1, 0.15) is 26.3 Å². The molecule has 0 spiro atoms. The predicted molar refractivity (Wildman–Crippen MR) is 57.2 cm³/mol. The molecular weight excluding hydrogens is 158 g/mol. The SMILES string of the molecule is CC(C)(C)C#Cc1cccc(N)c1. The van der Waals surface area contributed by atoms with E-state index in [4.69, 9.17) is 5.73 Å². The van der Waals surface area contributed by atoms with Crippen molar-refractivity contribution in [3.05, 3.63) is 29.8 Å². The van der Waals surface area contributed by atoms with E-state index in [1.54, 1.807) is 0 Å². The van der Waals surface area contributed by atoms with Gasteiger partial charge in [0, 0.05) is 16.7 Å². The zero-order valence-corrected chi connectivity index (χ0v) is 8.39. The summed E-state index contributed by atoms with van der Waals surface area (Å²) < 4.78 is 0. The van der Waals surface area contributed by atoms with Crippen molar-refractivity contribution >= 4 is 5.69 Å². The van der Waals surface area contributed by atoms with Crippen molar-refractivity contribution in [2.75, 3.05) is 5.73 Å². The minimum atomic E-state index is 0.0462. The number of anilines is 1. The highest BCUT2D eigenvalue weighted by molar-refractivity contribution is 5.47. The van der Waals surface area contributed by atoms with Crippen molar-refractivity contribution in [1.82, 2.24) is 0 Å². The van der Waals surface area contributed by atoms with E-state index < -0.39 is 0 Å². The fraction of sp³-hybridized carbons (Fsp3) is 0.333. The summed E-state index contributed by atoms with van der Waals surface area (Å²) in [7, 11) is 0.